The molecule has 0 N–H and O–H groups in total. The summed E-state index contributed by atoms with van der Waals surface area (Å²) < 4.78 is 27.9. The zero-order valence-corrected chi connectivity index (χ0v) is 14.5. The van der Waals surface area contributed by atoms with E-state index in [1.54, 1.807) is 13.1 Å². The molecule has 1 atom stereocenters. The average Bonchev–Trinajstić information content (AvgIpc) is 2.40. The Labute approximate surface area is 129 Å². The molecule has 1 aliphatic heterocycles. The predicted octanol–water partition coefficient (Wildman–Crippen LogP) is 2.47. The number of nitrogens with zero attached hydrogens (tertiary/aromatic N) is 2. The molecule has 1 aromatic carbocycles. The van der Waals surface area contributed by atoms with Crippen LogP contribution < -0.4 is 0 Å². The minimum atomic E-state index is -3.44. The number of hydrogen-bond acceptors (Lipinski definition) is 3. The van der Waals surface area contributed by atoms with Crippen molar-refractivity contribution in [2.75, 3.05) is 27.2 Å². The first kappa shape index (κ1) is 15.9. The maximum atomic E-state index is 12.8. The van der Waals surface area contributed by atoms with Crippen LogP contribution in [0.1, 0.15) is 18.4 Å². The van der Waals surface area contributed by atoms with Crippen LogP contribution in [0.3, 0.4) is 0 Å². The van der Waals surface area contributed by atoms with Crippen molar-refractivity contribution < 1.29 is 8.42 Å². The van der Waals surface area contributed by atoms with Gasteiger partial charge in [-0.15, -0.1) is 0 Å². The van der Waals surface area contributed by atoms with Crippen LogP contribution in [0.5, 0.6) is 0 Å². The van der Waals surface area contributed by atoms with E-state index >= 15 is 0 Å². The van der Waals surface area contributed by atoms with Gasteiger partial charge in [0.2, 0.25) is 10.0 Å². The summed E-state index contributed by atoms with van der Waals surface area (Å²) in [6, 6.07) is 5.44. The van der Waals surface area contributed by atoms with Crippen molar-refractivity contribution >= 4 is 26.0 Å². The summed E-state index contributed by atoms with van der Waals surface area (Å²) in [4.78, 5) is 2.58. The predicted molar refractivity (Wildman–Crippen MR) is 84.3 cm³/mol. The Morgan fingerprint density at radius 2 is 2.10 bits per heavy atom. The summed E-state index contributed by atoms with van der Waals surface area (Å²) in [5, 5.41) is 0. The molecule has 0 radical (unpaired) electrons. The molecule has 6 heteroatoms. The van der Waals surface area contributed by atoms with Gasteiger partial charge in [-0.3, -0.25) is 0 Å². The maximum absolute atomic E-state index is 12.8. The molecule has 2 rings (SSSR count). The van der Waals surface area contributed by atoms with E-state index < -0.39 is 10.0 Å². The summed E-state index contributed by atoms with van der Waals surface area (Å²) in [5.74, 6) is 0. The van der Waals surface area contributed by atoms with Gasteiger partial charge in [-0.2, -0.15) is 4.31 Å². The molecule has 1 saturated heterocycles. The summed E-state index contributed by atoms with van der Waals surface area (Å²) in [6.07, 6.45) is 1.96. The average molecular weight is 361 g/mol. The Balaban J connectivity index is 2.31. The number of halogens is 1. The largest absolute Gasteiger partial charge is 0.305 e. The van der Waals surface area contributed by atoms with Crippen LogP contribution in [-0.4, -0.2) is 50.8 Å². The molecule has 0 aliphatic carbocycles. The molecule has 1 aromatic rings. The zero-order chi connectivity index (χ0) is 14.9. The van der Waals surface area contributed by atoms with E-state index in [0.717, 1.165) is 36.0 Å². The fourth-order valence-electron chi connectivity index (χ4n) is 2.64. The molecule has 1 heterocycles. The summed E-state index contributed by atoms with van der Waals surface area (Å²) in [5.41, 5.74) is 0.782. The number of hydrogen-bond donors (Lipinski definition) is 0. The van der Waals surface area contributed by atoms with Crippen LogP contribution in [0.15, 0.2) is 27.6 Å². The van der Waals surface area contributed by atoms with Gasteiger partial charge in [0.15, 0.2) is 0 Å². The highest BCUT2D eigenvalue weighted by atomic mass is 79.9. The second kappa shape index (κ2) is 6.13. The molecule has 0 bridgehead atoms. The Bertz CT molecular complexity index is 589. The molecule has 1 fully saturated rings. The fraction of sp³-hybridized carbons (Fsp3) is 0.571. The van der Waals surface area contributed by atoms with Gasteiger partial charge in [0.1, 0.15) is 0 Å². The van der Waals surface area contributed by atoms with Gasteiger partial charge in [-0.25, -0.2) is 8.42 Å². The van der Waals surface area contributed by atoms with E-state index in [0.29, 0.717) is 4.90 Å². The van der Waals surface area contributed by atoms with E-state index in [9.17, 15) is 8.42 Å². The van der Waals surface area contributed by atoms with E-state index in [4.69, 9.17) is 0 Å². The third-order valence-corrected chi connectivity index (χ3v) is 6.47. The first-order valence-corrected chi connectivity index (χ1v) is 8.98. The molecule has 20 heavy (non-hydrogen) atoms. The maximum Gasteiger partial charge on any atom is 0.243 e. The van der Waals surface area contributed by atoms with Crippen LogP contribution in [0.4, 0.5) is 0 Å². The topological polar surface area (TPSA) is 40.6 Å². The molecule has 0 amide bonds. The van der Waals surface area contributed by atoms with Crippen molar-refractivity contribution in [2.24, 2.45) is 0 Å². The monoisotopic (exact) mass is 360 g/mol. The van der Waals surface area contributed by atoms with Crippen LogP contribution in [0.2, 0.25) is 0 Å². The quantitative estimate of drug-likeness (QED) is 0.831. The van der Waals surface area contributed by atoms with Gasteiger partial charge in [0.25, 0.3) is 0 Å². The van der Waals surface area contributed by atoms with E-state index in [1.807, 2.05) is 26.1 Å². The Morgan fingerprint density at radius 3 is 2.75 bits per heavy atom. The van der Waals surface area contributed by atoms with Gasteiger partial charge >= 0.3 is 0 Å². The smallest absolute Gasteiger partial charge is 0.243 e. The van der Waals surface area contributed by atoms with Gasteiger partial charge in [0, 0.05) is 24.1 Å². The lowest BCUT2D eigenvalue weighted by Crippen LogP contribution is -2.47. The van der Waals surface area contributed by atoms with Crippen molar-refractivity contribution in [3.63, 3.8) is 0 Å². The number of benzene rings is 1. The molecule has 0 saturated carbocycles. The normalized spacial score (nSPS) is 21.4. The van der Waals surface area contributed by atoms with Gasteiger partial charge in [0.05, 0.1) is 4.90 Å². The SMILES string of the molecule is Cc1ccc(Br)cc1S(=O)(=O)N(C)C1CCCN(C)C1. The van der Waals surface area contributed by atoms with Gasteiger partial charge in [-0.05, 0) is 51.1 Å². The molecule has 1 aliphatic rings. The lowest BCUT2D eigenvalue weighted by atomic mass is 10.1. The van der Waals surface area contributed by atoms with E-state index in [1.165, 1.54) is 4.31 Å². The molecular formula is C14H21BrN2O2S. The minimum absolute atomic E-state index is 0.0529. The van der Waals surface area contributed by atoms with Crippen LogP contribution in [0, 0.1) is 6.92 Å². The highest BCUT2D eigenvalue weighted by Crippen LogP contribution is 2.26. The van der Waals surface area contributed by atoms with Crippen LogP contribution in [0.25, 0.3) is 0 Å². The summed E-state index contributed by atoms with van der Waals surface area (Å²) in [7, 11) is 0.294. The summed E-state index contributed by atoms with van der Waals surface area (Å²) in [6.45, 7) is 3.67. The van der Waals surface area contributed by atoms with E-state index in [2.05, 4.69) is 20.8 Å². The van der Waals surface area contributed by atoms with Crippen LogP contribution in [-0.2, 0) is 10.0 Å². The molecular weight excluding hydrogens is 340 g/mol. The van der Waals surface area contributed by atoms with Crippen molar-refractivity contribution in [3.05, 3.63) is 28.2 Å². The van der Waals surface area contributed by atoms with Crippen molar-refractivity contribution in [1.29, 1.82) is 0 Å². The fourth-order valence-corrected chi connectivity index (χ4v) is 4.78. The molecule has 0 spiro atoms. The zero-order valence-electron chi connectivity index (χ0n) is 12.1. The van der Waals surface area contributed by atoms with Crippen molar-refractivity contribution in [1.82, 2.24) is 9.21 Å². The van der Waals surface area contributed by atoms with Gasteiger partial charge < -0.3 is 4.90 Å². The van der Waals surface area contributed by atoms with Crippen LogP contribution >= 0.6 is 15.9 Å². The van der Waals surface area contributed by atoms with Crippen molar-refractivity contribution in [3.8, 4) is 0 Å². The molecule has 0 aromatic heterocycles. The second-order valence-electron chi connectivity index (χ2n) is 5.49. The number of likely N-dealkylation sites (tertiary alicyclic amines) is 1. The molecule has 4 nitrogen and oxygen atoms in total. The number of sulfonamides is 1. The standard InChI is InChI=1S/C14H21BrN2O2S/c1-11-6-7-12(15)9-14(11)20(18,19)17(3)13-5-4-8-16(2)10-13/h6-7,9,13H,4-5,8,10H2,1-3H3. The summed E-state index contributed by atoms with van der Waals surface area (Å²) >= 11 is 3.35. The highest BCUT2D eigenvalue weighted by molar-refractivity contribution is 9.10. The second-order valence-corrected chi connectivity index (χ2v) is 8.37. The Morgan fingerprint density at radius 1 is 1.40 bits per heavy atom. The van der Waals surface area contributed by atoms with E-state index in [-0.39, 0.29) is 6.04 Å². The first-order valence-electron chi connectivity index (χ1n) is 6.75. The van der Waals surface area contributed by atoms with Crippen molar-refractivity contribution in [2.45, 2.75) is 30.7 Å². The Hall–Kier alpha value is -0.430. The third kappa shape index (κ3) is 3.24. The number of rotatable bonds is 3. The molecule has 112 valence electrons. The third-order valence-electron chi connectivity index (χ3n) is 3.92. The lowest BCUT2D eigenvalue weighted by Gasteiger charge is -2.35. The lowest BCUT2D eigenvalue weighted by molar-refractivity contribution is 0.187. The highest BCUT2D eigenvalue weighted by Gasteiger charge is 2.31. The first-order chi connectivity index (χ1) is 9.32. The number of piperidine rings is 1. The molecule has 1 unspecified atom stereocenters. The Kier molecular flexibility index (Phi) is 4.89. The number of likely N-dealkylation sites (N-methyl/N-ethyl adjacent to an activating group) is 2. The minimum Gasteiger partial charge on any atom is -0.305 e. The van der Waals surface area contributed by atoms with Gasteiger partial charge in [-0.1, -0.05) is 22.0 Å². The number of aryl methyl sites for hydroxylation is 1.